The zero-order valence-electron chi connectivity index (χ0n) is 8.14. The highest BCUT2D eigenvalue weighted by molar-refractivity contribution is 14.1. The summed E-state index contributed by atoms with van der Waals surface area (Å²) in [5, 5.41) is 0. The molecule has 0 aliphatic heterocycles. The highest BCUT2D eigenvalue weighted by Crippen LogP contribution is 2.27. The molecular weight excluding hydrogens is 354 g/mol. The summed E-state index contributed by atoms with van der Waals surface area (Å²) in [7, 11) is 1.12. The minimum Gasteiger partial charge on any atom is -0.465 e. The van der Waals surface area contributed by atoms with Gasteiger partial charge in [-0.05, 0) is 28.7 Å². The smallest absolute Gasteiger partial charge is 0.340 e. The lowest BCUT2D eigenvalue weighted by Crippen LogP contribution is -2.12. The summed E-state index contributed by atoms with van der Waals surface area (Å²) in [5.41, 5.74) is -0.537. The third-order valence-electron chi connectivity index (χ3n) is 1.84. The molecule has 0 N–H and O–H groups in total. The Balaban J connectivity index is 3.45. The first-order valence-corrected chi connectivity index (χ1v) is 5.74. The maximum absolute atomic E-state index is 12.7. The SMILES string of the molecule is COC(=O)c1c(C(F)F)cc(I)nc1CCl. The van der Waals surface area contributed by atoms with E-state index in [1.165, 1.54) is 0 Å². The van der Waals surface area contributed by atoms with E-state index in [4.69, 9.17) is 11.6 Å². The van der Waals surface area contributed by atoms with Crippen molar-refractivity contribution >= 4 is 40.2 Å². The number of alkyl halides is 3. The number of carbonyl (C=O) groups is 1. The maximum atomic E-state index is 12.7. The highest BCUT2D eigenvalue weighted by atomic mass is 127. The summed E-state index contributed by atoms with van der Waals surface area (Å²) in [5.74, 6) is -0.976. The second-order valence-corrected chi connectivity index (χ2v) is 4.15. The number of aromatic nitrogens is 1. The van der Waals surface area contributed by atoms with Crippen LogP contribution in [0.4, 0.5) is 8.78 Å². The van der Waals surface area contributed by atoms with Gasteiger partial charge in [-0.1, -0.05) is 0 Å². The van der Waals surface area contributed by atoms with Crippen molar-refractivity contribution in [3.05, 3.63) is 26.6 Å². The minimum atomic E-state index is -2.77. The van der Waals surface area contributed by atoms with Crippen LogP contribution in [-0.2, 0) is 10.6 Å². The first-order chi connectivity index (χ1) is 7.51. The van der Waals surface area contributed by atoms with E-state index in [9.17, 15) is 13.6 Å². The van der Waals surface area contributed by atoms with Crippen molar-refractivity contribution in [2.45, 2.75) is 12.3 Å². The van der Waals surface area contributed by atoms with E-state index in [1.54, 1.807) is 22.6 Å². The average Bonchev–Trinajstić information content (AvgIpc) is 2.26. The predicted octanol–water partition coefficient (Wildman–Crippen LogP) is 3.15. The second kappa shape index (κ2) is 5.72. The molecule has 16 heavy (non-hydrogen) atoms. The van der Waals surface area contributed by atoms with Crippen molar-refractivity contribution in [3.8, 4) is 0 Å². The van der Waals surface area contributed by atoms with Crippen LogP contribution in [0.25, 0.3) is 0 Å². The fraction of sp³-hybridized carbons (Fsp3) is 0.333. The van der Waals surface area contributed by atoms with Crippen LogP contribution in [0.5, 0.6) is 0 Å². The van der Waals surface area contributed by atoms with Gasteiger partial charge in [0, 0.05) is 5.56 Å². The molecule has 1 aromatic heterocycles. The van der Waals surface area contributed by atoms with Crippen LogP contribution in [0.2, 0.25) is 0 Å². The Hall–Kier alpha value is -0.500. The molecule has 0 atom stereocenters. The summed E-state index contributed by atoms with van der Waals surface area (Å²) in [6.07, 6.45) is -2.77. The molecule has 0 fully saturated rings. The summed E-state index contributed by atoms with van der Waals surface area (Å²) in [6, 6.07) is 1.15. The molecule has 0 spiro atoms. The lowest BCUT2D eigenvalue weighted by atomic mass is 10.1. The van der Waals surface area contributed by atoms with Crippen LogP contribution in [0.1, 0.15) is 28.0 Å². The van der Waals surface area contributed by atoms with E-state index in [-0.39, 0.29) is 17.1 Å². The zero-order chi connectivity index (χ0) is 12.3. The fourth-order valence-electron chi connectivity index (χ4n) is 1.19. The first-order valence-electron chi connectivity index (χ1n) is 4.13. The number of halogens is 4. The van der Waals surface area contributed by atoms with Gasteiger partial charge in [0.2, 0.25) is 0 Å². The van der Waals surface area contributed by atoms with Gasteiger partial charge in [-0.25, -0.2) is 18.6 Å². The average molecular weight is 362 g/mol. The topological polar surface area (TPSA) is 39.2 Å². The molecule has 0 unspecified atom stereocenters. The fourth-order valence-corrected chi connectivity index (χ4v) is 2.01. The van der Waals surface area contributed by atoms with Crippen molar-refractivity contribution in [3.63, 3.8) is 0 Å². The van der Waals surface area contributed by atoms with Crippen molar-refractivity contribution < 1.29 is 18.3 Å². The molecule has 0 saturated heterocycles. The van der Waals surface area contributed by atoms with Gasteiger partial charge in [0.15, 0.2) is 0 Å². The van der Waals surface area contributed by atoms with E-state index in [0.29, 0.717) is 3.70 Å². The van der Waals surface area contributed by atoms with Crippen molar-refractivity contribution in [1.82, 2.24) is 4.98 Å². The van der Waals surface area contributed by atoms with Crippen LogP contribution in [0.3, 0.4) is 0 Å². The third kappa shape index (κ3) is 2.79. The standard InChI is InChI=1S/C9H7ClF2INO2/c1-16-9(15)7-4(8(11)12)2-6(13)14-5(7)3-10/h2,8H,3H2,1H3. The lowest BCUT2D eigenvalue weighted by molar-refractivity contribution is 0.0587. The first kappa shape index (κ1) is 13.6. The number of pyridine rings is 1. The van der Waals surface area contributed by atoms with Crippen LogP contribution in [0, 0.1) is 3.70 Å². The molecular formula is C9H7ClF2INO2. The summed E-state index contributed by atoms with van der Waals surface area (Å²) in [6.45, 7) is 0. The molecule has 0 amide bonds. The van der Waals surface area contributed by atoms with Gasteiger partial charge in [-0.3, -0.25) is 0 Å². The predicted molar refractivity (Wildman–Crippen MR) is 62.8 cm³/mol. The third-order valence-corrected chi connectivity index (χ3v) is 2.65. The van der Waals surface area contributed by atoms with Gasteiger partial charge < -0.3 is 4.74 Å². The molecule has 0 aromatic carbocycles. The largest absolute Gasteiger partial charge is 0.465 e. The van der Waals surface area contributed by atoms with E-state index < -0.39 is 18.0 Å². The monoisotopic (exact) mass is 361 g/mol. The van der Waals surface area contributed by atoms with E-state index in [1.807, 2.05) is 0 Å². The molecule has 1 heterocycles. The number of nitrogens with zero attached hydrogens (tertiary/aromatic N) is 1. The van der Waals surface area contributed by atoms with Crippen molar-refractivity contribution in [2.75, 3.05) is 7.11 Å². The lowest BCUT2D eigenvalue weighted by Gasteiger charge is -2.11. The Morgan fingerprint density at radius 1 is 1.69 bits per heavy atom. The Kier molecular flexibility index (Phi) is 4.85. The number of hydrogen-bond acceptors (Lipinski definition) is 3. The highest BCUT2D eigenvalue weighted by Gasteiger charge is 2.24. The number of rotatable bonds is 3. The van der Waals surface area contributed by atoms with Gasteiger partial charge in [-0.15, -0.1) is 11.6 Å². The van der Waals surface area contributed by atoms with E-state index >= 15 is 0 Å². The summed E-state index contributed by atoms with van der Waals surface area (Å²) in [4.78, 5) is 15.3. The molecule has 1 rings (SSSR count). The number of carbonyl (C=O) groups excluding carboxylic acids is 1. The second-order valence-electron chi connectivity index (χ2n) is 2.78. The molecule has 3 nitrogen and oxygen atoms in total. The van der Waals surface area contributed by atoms with Crippen LogP contribution in [0.15, 0.2) is 6.07 Å². The van der Waals surface area contributed by atoms with Gasteiger partial charge in [0.1, 0.15) is 3.70 Å². The Labute approximate surface area is 109 Å². The van der Waals surface area contributed by atoms with Gasteiger partial charge in [-0.2, -0.15) is 0 Å². The quantitative estimate of drug-likeness (QED) is 0.359. The number of methoxy groups -OCH3 is 1. The normalized spacial score (nSPS) is 10.6. The van der Waals surface area contributed by atoms with Gasteiger partial charge in [0.25, 0.3) is 6.43 Å². The van der Waals surface area contributed by atoms with Crippen molar-refractivity contribution in [2.24, 2.45) is 0 Å². The van der Waals surface area contributed by atoms with E-state index in [2.05, 4.69) is 9.72 Å². The van der Waals surface area contributed by atoms with Gasteiger partial charge >= 0.3 is 5.97 Å². The molecule has 0 saturated carbocycles. The molecule has 1 aromatic rings. The minimum absolute atomic E-state index is 0.107. The van der Waals surface area contributed by atoms with Crippen LogP contribution >= 0.6 is 34.2 Å². The molecule has 0 aliphatic carbocycles. The molecule has 7 heteroatoms. The summed E-state index contributed by atoms with van der Waals surface area (Å²) < 4.78 is 30.3. The van der Waals surface area contributed by atoms with Crippen molar-refractivity contribution in [1.29, 1.82) is 0 Å². The Morgan fingerprint density at radius 3 is 2.75 bits per heavy atom. The number of esters is 1. The van der Waals surface area contributed by atoms with Crippen LogP contribution in [-0.4, -0.2) is 18.1 Å². The molecule has 0 bridgehead atoms. The molecule has 88 valence electrons. The molecule has 0 radical (unpaired) electrons. The van der Waals surface area contributed by atoms with Crippen LogP contribution < -0.4 is 0 Å². The number of hydrogen-bond donors (Lipinski definition) is 0. The van der Waals surface area contributed by atoms with Gasteiger partial charge in [0.05, 0.1) is 24.2 Å². The molecule has 0 aliphatic rings. The Morgan fingerprint density at radius 2 is 2.31 bits per heavy atom. The number of ether oxygens (including phenoxy) is 1. The maximum Gasteiger partial charge on any atom is 0.340 e. The zero-order valence-corrected chi connectivity index (χ0v) is 11.1. The summed E-state index contributed by atoms with van der Waals surface area (Å²) >= 11 is 7.35. The Bertz CT molecular complexity index is 415. The van der Waals surface area contributed by atoms with E-state index in [0.717, 1.165) is 13.2 Å².